The average molecular weight is 329 g/mol. The molecule has 0 fully saturated rings. The Morgan fingerprint density at radius 2 is 2.29 bits per heavy atom. The van der Waals surface area contributed by atoms with Gasteiger partial charge in [0.2, 0.25) is 0 Å². The van der Waals surface area contributed by atoms with Crippen LogP contribution in [0.5, 0.6) is 0 Å². The second kappa shape index (κ2) is 6.26. The topological polar surface area (TPSA) is 39.2 Å². The van der Waals surface area contributed by atoms with Crippen molar-refractivity contribution < 1.29 is 18.3 Å². The summed E-state index contributed by atoms with van der Waals surface area (Å²) >= 11 is 8.80. The minimum Gasteiger partial charge on any atom is -0.469 e. The van der Waals surface area contributed by atoms with Gasteiger partial charge in [0.05, 0.1) is 19.2 Å². The molecule has 0 aliphatic rings. The molecule has 0 bridgehead atoms. The van der Waals surface area contributed by atoms with Gasteiger partial charge in [0.1, 0.15) is 5.15 Å². The highest BCUT2D eigenvalue weighted by Crippen LogP contribution is 2.29. The molecule has 0 spiro atoms. The van der Waals surface area contributed by atoms with Crippen molar-refractivity contribution in [1.29, 1.82) is 0 Å². The summed E-state index contributed by atoms with van der Waals surface area (Å²) < 4.78 is 30.2. The number of pyridine rings is 1. The van der Waals surface area contributed by atoms with Crippen LogP contribution in [0.25, 0.3) is 0 Å². The van der Waals surface area contributed by atoms with Gasteiger partial charge in [-0.05, 0) is 11.6 Å². The van der Waals surface area contributed by atoms with Crippen LogP contribution in [0.3, 0.4) is 0 Å². The Morgan fingerprint density at radius 3 is 2.76 bits per heavy atom. The Hall–Kier alpha value is -0.750. The molecule has 1 rings (SSSR count). The van der Waals surface area contributed by atoms with Crippen molar-refractivity contribution in [3.63, 3.8) is 0 Å². The van der Waals surface area contributed by atoms with Crippen molar-refractivity contribution >= 4 is 33.5 Å². The highest BCUT2D eigenvalue weighted by Gasteiger charge is 2.21. The highest BCUT2D eigenvalue weighted by molar-refractivity contribution is 9.08. The molecule has 0 aliphatic heterocycles. The third-order valence-electron chi connectivity index (χ3n) is 2.09. The van der Waals surface area contributed by atoms with Gasteiger partial charge in [-0.1, -0.05) is 27.5 Å². The summed E-state index contributed by atoms with van der Waals surface area (Å²) in [6, 6.07) is 1.35. The van der Waals surface area contributed by atoms with Crippen molar-refractivity contribution in [3.05, 3.63) is 28.0 Å². The van der Waals surface area contributed by atoms with Crippen LogP contribution in [0.1, 0.15) is 23.2 Å². The fourth-order valence-corrected chi connectivity index (χ4v) is 2.05. The van der Waals surface area contributed by atoms with E-state index in [1.165, 1.54) is 13.2 Å². The molecule has 1 aromatic heterocycles. The van der Waals surface area contributed by atoms with Crippen LogP contribution in [-0.2, 0) is 21.3 Å². The summed E-state index contributed by atoms with van der Waals surface area (Å²) in [5, 5.41) is 0.283. The van der Waals surface area contributed by atoms with E-state index in [1.54, 1.807) is 0 Å². The van der Waals surface area contributed by atoms with Crippen LogP contribution in [0.2, 0.25) is 5.15 Å². The number of hydrogen-bond acceptors (Lipinski definition) is 3. The number of carbonyl (C=O) groups excluding carboxylic acids is 1. The molecular weight excluding hydrogens is 319 g/mol. The number of methoxy groups -OCH3 is 1. The predicted molar refractivity (Wildman–Crippen MR) is 62.6 cm³/mol. The molecule has 1 aromatic rings. The SMILES string of the molecule is COC(=O)Cc1nc(Cl)cc(CBr)c1C(F)F. The summed E-state index contributed by atoms with van der Waals surface area (Å²) in [4.78, 5) is 14.9. The maximum Gasteiger partial charge on any atom is 0.311 e. The van der Waals surface area contributed by atoms with Gasteiger partial charge in [-0.15, -0.1) is 0 Å². The number of esters is 1. The van der Waals surface area contributed by atoms with Gasteiger partial charge < -0.3 is 4.74 Å². The fourth-order valence-electron chi connectivity index (χ4n) is 1.35. The molecule has 0 atom stereocenters. The van der Waals surface area contributed by atoms with Crippen LogP contribution >= 0.6 is 27.5 Å². The number of ether oxygens (including phenoxy) is 1. The molecular formula is C10H9BrClF2NO2. The van der Waals surface area contributed by atoms with Gasteiger partial charge in [-0.2, -0.15) is 0 Å². The lowest BCUT2D eigenvalue weighted by atomic mass is 10.1. The van der Waals surface area contributed by atoms with E-state index >= 15 is 0 Å². The summed E-state index contributed by atoms with van der Waals surface area (Å²) in [6.45, 7) is 0. The zero-order valence-electron chi connectivity index (χ0n) is 8.84. The monoisotopic (exact) mass is 327 g/mol. The first-order chi connectivity index (χ1) is 7.99. The molecule has 0 amide bonds. The van der Waals surface area contributed by atoms with Crippen molar-refractivity contribution in [1.82, 2.24) is 4.98 Å². The van der Waals surface area contributed by atoms with Crippen LogP contribution < -0.4 is 0 Å². The van der Waals surface area contributed by atoms with E-state index < -0.39 is 12.4 Å². The number of halogens is 4. The minimum atomic E-state index is -2.72. The molecule has 94 valence electrons. The predicted octanol–water partition coefficient (Wildman–Crippen LogP) is 3.28. The van der Waals surface area contributed by atoms with Gasteiger partial charge in [0.25, 0.3) is 6.43 Å². The summed E-state index contributed by atoms with van der Waals surface area (Å²) in [5.41, 5.74) is 0.00405. The summed E-state index contributed by atoms with van der Waals surface area (Å²) in [7, 11) is 1.18. The normalized spacial score (nSPS) is 10.7. The van der Waals surface area contributed by atoms with Gasteiger partial charge >= 0.3 is 5.97 Å². The largest absolute Gasteiger partial charge is 0.469 e. The molecule has 0 aliphatic carbocycles. The Kier molecular flexibility index (Phi) is 5.27. The molecule has 17 heavy (non-hydrogen) atoms. The zero-order chi connectivity index (χ0) is 13.0. The number of aromatic nitrogens is 1. The van der Waals surface area contributed by atoms with Crippen molar-refractivity contribution in [2.45, 2.75) is 18.2 Å². The van der Waals surface area contributed by atoms with Crippen LogP contribution in [0.4, 0.5) is 8.78 Å². The lowest BCUT2D eigenvalue weighted by Crippen LogP contribution is -2.11. The first kappa shape index (κ1) is 14.3. The van der Waals surface area contributed by atoms with E-state index in [2.05, 4.69) is 25.7 Å². The zero-order valence-corrected chi connectivity index (χ0v) is 11.2. The third kappa shape index (κ3) is 3.61. The number of nitrogens with zero attached hydrogens (tertiary/aromatic N) is 1. The van der Waals surface area contributed by atoms with Crippen LogP contribution in [-0.4, -0.2) is 18.1 Å². The molecule has 0 radical (unpaired) electrons. The summed E-state index contributed by atoms with van der Waals surface area (Å²) in [6.07, 6.45) is -3.04. The van der Waals surface area contributed by atoms with Gasteiger partial charge in [-0.3, -0.25) is 4.79 Å². The van der Waals surface area contributed by atoms with Crippen LogP contribution in [0.15, 0.2) is 6.07 Å². The van der Waals surface area contributed by atoms with E-state index in [-0.39, 0.29) is 28.2 Å². The Bertz CT molecular complexity index is 429. The van der Waals surface area contributed by atoms with Crippen LogP contribution in [0, 0.1) is 0 Å². The minimum absolute atomic E-state index is 0.0474. The third-order valence-corrected chi connectivity index (χ3v) is 2.89. The van der Waals surface area contributed by atoms with E-state index in [0.717, 1.165) is 0 Å². The maximum atomic E-state index is 12.9. The highest BCUT2D eigenvalue weighted by atomic mass is 79.9. The van der Waals surface area contributed by atoms with Gasteiger partial charge in [0.15, 0.2) is 0 Å². The number of rotatable bonds is 4. The van der Waals surface area contributed by atoms with E-state index in [1.807, 2.05) is 0 Å². The number of alkyl halides is 3. The Balaban J connectivity index is 3.25. The first-order valence-electron chi connectivity index (χ1n) is 4.58. The molecule has 0 saturated heterocycles. The van der Waals surface area contributed by atoms with Crippen molar-refractivity contribution in [2.24, 2.45) is 0 Å². The standard InChI is InChI=1S/C10H9BrClF2NO2/c1-17-8(16)3-6-9(10(13)14)5(4-11)2-7(12)15-6/h2,10H,3-4H2,1H3. The lowest BCUT2D eigenvalue weighted by molar-refractivity contribution is -0.139. The lowest BCUT2D eigenvalue weighted by Gasteiger charge is -2.12. The van der Waals surface area contributed by atoms with E-state index in [4.69, 9.17) is 11.6 Å². The smallest absolute Gasteiger partial charge is 0.311 e. The van der Waals surface area contributed by atoms with Gasteiger partial charge in [-0.25, -0.2) is 13.8 Å². The molecule has 3 nitrogen and oxygen atoms in total. The van der Waals surface area contributed by atoms with E-state index in [9.17, 15) is 13.6 Å². The number of hydrogen-bond donors (Lipinski definition) is 0. The first-order valence-corrected chi connectivity index (χ1v) is 6.08. The molecule has 1 heterocycles. The maximum absolute atomic E-state index is 12.9. The summed E-state index contributed by atoms with van der Waals surface area (Å²) in [5.74, 6) is -0.637. The fraction of sp³-hybridized carbons (Fsp3) is 0.400. The van der Waals surface area contributed by atoms with E-state index in [0.29, 0.717) is 5.56 Å². The van der Waals surface area contributed by atoms with Gasteiger partial charge in [0, 0.05) is 10.9 Å². The average Bonchev–Trinajstić information content (AvgIpc) is 2.27. The molecule has 0 unspecified atom stereocenters. The van der Waals surface area contributed by atoms with Crippen molar-refractivity contribution in [2.75, 3.05) is 7.11 Å². The Morgan fingerprint density at radius 1 is 1.65 bits per heavy atom. The molecule has 0 saturated carbocycles. The second-order valence-electron chi connectivity index (χ2n) is 3.15. The molecule has 7 heteroatoms. The quantitative estimate of drug-likeness (QED) is 0.484. The molecule has 0 N–H and O–H groups in total. The molecule has 0 aromatic carbocycles. The van der Waals surface area contributed by atoms with Crippen molar-refractivity contribution in [3.8, 4) is 0 Å². The Labute approximate surface area is 110 Å². The number of carbonyl (C=O) groups is 1. The second-order valence-corrected chi connectivity index (χ2v) is 4.10.